The van der Waals surface area contributed by atoms with E-state index in [2.05, 4.69) is 29.1 Å². The highest BCUT2D eigenvalue weighted by atomic mass is 15.1. The van der Waals surface area contributed by atoms with Crippen LogP contribution in [-0.2, 0) is 0 Å². The van der Waals surface area contributed by atoms with Gasteiger partial charge in [0.25, 0.3) is 0 Å². The molecule has 1 aliphatic rings. The number of anilines is 2. The summed E-state index contributed by atoms with van der Waals surface area (Å²) in [6.07, 6.45) is 5.73. The van der Waals surface area contributed by atoms with Gasteiger partial charge in [0, 0.05) is 30.4 Å². The van der Waals surface area contributed by atoms with E-state index in [9.17, 15) is 0 Å². The molecule has 1 fully saturated rings. The summed E-state index contributed by atoms with van der Waals surface area (Å²) in [5.41, 5.74) is 8.88. The summed E-state index contributed by atoms with van der Waals surface area (Å²) in [5, 5.41) is 1.15. The third-order valence-electron chi connectivity index (χ3n) is 3.78. The van der Waals surface area contributed by atoms with Crippen molar-refractivity contribution in [2.45, 2.75) is 25.3 Å². The van der Waals surface area contributed by atoms with Crippen LogP contribution in [0.4, 0.5) is 11.4 Å². The van der Waals surface area contributed by atoms with Gasteiger partial charge in [0.1, 0.15) is 0 Å². The zero-order valence-corrected chi connectivity index (χ0v) is 10.1. The van der Waals surface area contributed by atoms with Crippen molar-refractivity contribution in [3.05, 3.63) is 30.5 Å². The van der Waals surface area contributed by atoms with Crippen molar-refractivity contribution < 1.29 is 0 Å². The number of nitrogens with two attached hydrogens (primary N) is 1. The molecule has 17 heavy (non-hydrogen) atoms. The second kappa shape index (κ2) is 3.91. The minimum Gasteiger partial charge on any atom is -0.397 e. The molecule has 0 spiro atoms. The largest absolute Gasteiger partial charge is 0.397 e. The van der Waals surface area contributed by atoms with Crippen molar-refractivity contribution in [1.29, 1.82) is 0 Å². The number of fused-ring (bicyclic) bond motifs is 1. The summed E-state index contributed by atoms with van der Waals surface area (Å²) in [6.45, 7) is 0. The number of hydrogen-bond donors (Lipinski definition) is 1. The maximum atomic E-state index is 5.97. The van der Waals surface area contributed by atoms with Gasteiger partial charge in [0.15, 0.2) is 0 Å². The zero-order valence-electron chi connectivity index (χ0n) is 10.1. The van der Waals surface area contributed by atoms with E-state index in [4.69, 9.17) is 5.73 Å². The van der Waals surface area contributed by atoms with E-state index in [1.807, 2.05) is 12.1 Å². The molecule has 0 amide bonds. The van der Waals surface area contributed by atoms with Crippen LogP contribution in [0.2, 0.25) is 0 Å². The van der Waals surface area contributed by atoms with E-state index in [0.717, 1.165) is 16.6 Å². The fourth-order valence-corrected chi connectivity index (χ4v) is 2.46. The molecular formula is C14H17N3. The van der Waals surface area contributed by atoms with Crippen LogP contribution in [0.3, 0.4) is 0 Å². The van der Waals surface area contributed by atoms with Gasteiger partial charge in [-0.05, 0) is 43.5 Å². The van der Waals surface area contributed by atoms with Crippen molar-refractivity contribution in [3.63, 3.8) is 0 Å². The normalized spacial score (nSPS) is 15.8. The lowest BCUT2D eigenvalue weighted by atomic mass is 9.91. The second-order valence-electron chi connectivity index (χ2n) is 4.77. The Balaban J connectivity index is 2.12. The Morgan fingerprint density at radius 2 is 2.12 bits per heavy atom. The predicted octanol–water partition coefficient (Wildman–Crippen LogP) is 2.81. The molecule has 1 aromatic carbocycles. The molecule has 0 unspecified atom stereocenters. The predicted molar refractivity (Wildman–Crippen MR) is 72.2 cm³/mol. The van der Waals surface area contributed by atoms with E-state index >= 15 is 0 Å². The van der Waals surface area contributed by atoms with Gasteiger partial charge in [0.05, 0.1) is 11.2 Å². The first-order chi connectivity index (χ1) is 8.27. The Morgan fingerprint density at radius 3 is 2.82 bits per heavy atom. The molecule has 1 aromatic heterocycles. The number of nitrogen functional groups attached to an aromatic ring is 1. The maximum Gasteiger partial charge on any atom is 0.0951 e. The van der Waals surface area contributed by atoms with Gasteiger partial charge in [-0.1, -0.05) is 0 Å². The quantitative estimate of drug-likeness (QED) is 0.802. The molecule has 3 rings (SSSR count). The second-order valence-corrected chi connectivity index (χ2v) is 4.77. The summed E-state index contributed by atoms with van der Waals surface area (Å²) in [6, 6.07) is 8.82. The van der Waals surface area contributed by atoms with Crippen LogP contribution in [0, 0.1) is 0 Å². The van der Waals surface area contributed by atoms with Crippen LogP contribution in [0.5, 0.6) is 0 Å². The third-order valence-corrected chi connectivity index (χ3v) is 3.78. The van der Waals surface area contributed by atoms with E-state index in [1.54, 1.807) is 6.20 Å². The Hall–Kier alpha value is -1.77. The van der Waals surface area contributed by atoms with Crippen molar-refractivity contribution in [3.8, 4) is 0 Å². The molecule has 3 nitrogen and oxygen atoms in total. The molecule has 88 valence electrons. The Bertz CT molecular complexity index is 546. The topological polar surface area (TPSA) is 42.1 Å². The van der Waals surface area contributed by atoms with Crippen LogP contribution in [0.15, 0.2) is 30.5 Å². The number of benzene rings is 1. The summed E-state index contributed by atoms with van der Waals surface area (Å²) in [4.78, 5) is 6.74. The Labute approximate surface area is 101 Å². The Morgan fingerprint density at radius 1 is 1.29 bits per heavy atom. The van der Waals surface area contributed by atoms with Gasteiger partial charge in [0.2, 0.25) is 0 Å². The fourth-order valence-electron chi connectivity index (χ4n) is 2.46. The molecule has 3 heteroatoms. The third kappa shape index (κ3) is 1.62. The lowest BCUT2D eigenvalue weighted by molar-refractivity contribution is 0.402. The summed E-state index contributed by atoms with van der Waals surface area (Å²) in [7, 11) is 2.17. The van der Waals surface area contributed by atoms with Crippen LogP contribution < -0.4 is 10.6 Å². The molecule has 0 atom stereocenters. The first-order valence-electron chi connectivity index (χ1n) is 6.13. The van der Waals surface area contributed by atoms with Gasteiger partial charge in [-0.25, -0.2) is 0 Å². The molecule has 2 N–H and O–H groups in total. The highest BCUT2D eigenvalue weighted by Crippen LogP contribution is 2.34. The zero-order chi connectivity index (χ0) is 11.8. The number of rotatable bonds is 2. The van der Waals surface area contributed by atoms with E-state index in [0.29, 0.717) is 6.04 Å². The van der Waals surface area contributed by atoms with Gasteiger partial charge in [-0.15, -0.1) is 0 Å². The Kier molecular flexibility index (Phi) is 2.39. The molecule has 0 radical (unpaired) electrons. The van der Waals surface area contributed by atoms with Crippen molar-refractivity contribution in [1.82, 2.24) is 4.98 Å². The highest BCUT2D eigenvalue weighted by Gasteiger charge is 2.23. The van der Waals surface area contributed by atoms with E-state index in [1.165, 1.54) is 24.9 Å². The molecule has 2 aromatic rings. The average molecular weight is 227 g/mol. The molecule has 0 bridgehead atoms. The molecule has 1 heterocycles. The molecule has 0 saturated heterocycles. The van der Waals surface area contributed by atoms with Gasteiger partial charge < -0.3 is 10.6 Å². The van der Waals surface area contributed by atoms with Crippen molar-refractivity contribution in [2.75, 3.05) is 17.7 Å². The van der Waals surface area contributed by atoms with Gasteiger partial charge >= 0.3 is 0 Å². The van der Waals surface area contributed by atoms with Gasteiger partial charge in [-0.2, -0.15) is 0 Å². The first-order valence-corrected chi connectivity index (χ1v) is 6.13. The number of nitrogens with zero attached hydrogens (tertiary/aromatic N) is 2. The number of hydrogen-bond acceptors (Lipinski definition) is 3. The molecule has 1 saturated carbocycles. The molecule has 1 aliphatic carbocycles. The SMILES string of the molecule is CN(c1ccc(N)c2ncccc12)C1CCC1. The highest BCUT2D eigenvalue weighted by molar-refractivity contribution is 5.98. The van der Waals surface area contributed by atoms with Crippen LogP contribution in [0.1, 0.15) is 19.3 Å². The van der Waals surface area contributed by atoms with Crippen LogP contribution in [0.25, 0.3) is 10.9 Å². The minimum absolute atomic E-state index is 0.682. The van der Waals surface area contributed by atoms with Crippen LogP contribution in [-0.4, -0.2) is 18.1 Å². The average Bonchev–Trinajstić information content (AvgIpc) is 2.27. The summed E-state index contributed by atoms with van der Waals surface area (Å²) >= 11 is 0. The van der Waals surface area contributed by atoms with Crippen molar-refractivity contribution in [2.24, 2.45) is 0 Å². The summed E-state index contributed by atoms with van der Waals surface area (Å²) < 4.78 is 0. The smallest absolute Gasteiger partial charge is 0.0951 e. The number of aromatic nitrogens is 1. The van der Waals surface area contributed by atoms with Gasteiger partial charge in [-0.3, -0.25) is 4.98 Å². The fraction of sp³-hybridized carbons (Fsp3) is 0.357. The maximum absolute atomic E-state index is 5.97. The van der Waals surface area contributed by atoms with E-state index in [-0.39, 0.29) is 0 Å². The number of pyridine rings is 1. The van der Waals surface area contributed by atoms with Crippen LogP contribution >= 0.6 is 0 Å². The van der Waals surface area contributed by atoms with Crippen molar-refractivity contribution >= 4 is 22.3 Å². The van der Waals surface area contributed by atoms with E-state index < -0.39 is 0 Å². The standard InChI is InChI=1S/C14H17N3/c1-17(10-4-2-5-10)13-8-7-12(15)14-11(13)6-3-9-16-14/h3,6-10H,2,4-5,15H2,1H3. The summed E-state index contributed by atoms with van der Waals surface area (Å²) in [5.74, 6) is 0. The lowest BCUT2D eigenvalue weighted by Gasteiger charge is -2.37. The monoisotopic (exact) mass is 227 g/mol. The molecular weight excluding hydrogens is 210 g/mol. The first kappa shape index (κ1) is 10.4. The minimum atomic E-state index is 0.682. The lowest BCUT2D eigenvalue weighted by Crippen LogP contribution is -2.37. The molecule has 0 aliphatic heterocycles.